The van der Waals surface area contributed by atoms with Crippen molar-refractivity contribution in [2.24, 2.45) is 0 Å². The smallest absolute Gasteiger partial charge is 0.390 e. The monoisotopic (exact) mass is 343 g/mol. The average Bonchev–Trinajstić information content (AvgIpc) is 2.61. The number of benzene rings is 2. The zero-order valence-electron chi connectivity index (χ0n) is 12.3. The molecule has 1 amide bonds. The van der Waals surface area contributed by atoms with Crippen LogP contribution >= 0.6 is 0 Å². The summed E-state index contributed by atoms with van der Waals surface area (Å²) in [6.07, 6.45) is 0.511. The van der Waals surface area contributed by atoms with Gasteiger partial charge in [0.15, 0.2) is 0 Å². The number of ether oxygens (including phenoxy) is 1. The number of aromatic nitrogens is 1. The first kappa shape index (κ1) is 15.9. The van der Waals surface area contributed by atoms with Gasteiger partial charge in [0, 0.05) is 11.6 Å². The van der Waals surface area contributed by atoms with Gasteiger partial charge in [-0.15, -0.1) is 4.83 Å². The second kappa shape index (κ2) is 6.65. The van der Waals surface area contributed by atoms with Crippen LogP contribution in [0.5, 0.6) is 5.88 Å². The maximum absolute atomic E-state index is 12.0. The highest BCUT2D eigenvalue weighted by Crippen LogP contribution is 2.22. The highest BCUT2D eigenvalue weighted by molar-refractivity contribution is 7.89. The SMILES string of the molecule is O=C(NNS(=O)(=O)c1ccccc1)Oc1nccc2ccccc12. The molecule has 8 heteroatoms. The number of rotatable bonds is 4. The highest BCUT2D eigenvalue weighted by Gasteiger charge is 2.16. The van der Waals surface area contributed by atoms with Crippen molar-refractivity contribution in [1.29, 1.82) is 0 Å². The van der Waals surface area contributed by atoms with Gasteiger partial charge in [0.2, 0.25) is 5.88 Å². The largest absolute Gasteiger partial charge is 0.429 e. The van der Waals surface area contributed by atoms with Crippen LogP contribution in [0.25, 0.3) is 10.8 Å². The minimum absolute atomic E-state index is 0.0218. The zero-order valence-corrected chi connectivity index (χ0v) is 13.2. The average molecular weight is 343 g/mol. The molecule has 0 saturated carbocycles. The van der Waals surface area contributed by atoms with E-state index in [9.17, 15) is 13.2 Å². The summed E-state index contributed by atoms with van der Waals surface area (Å²) >= 11 is 0. The summed E-state index contributed by atoms with van der Waals surface area (Å²) in [6.45, 7) is 0. The minimum atomic E-state index is -3.87. The van der Waals surface area contributed by atoms with E-state index in [4.69, 9.17) is 4.74 Å². The van der Waals surface area contributed by atoms with E-state index in [2.05, 4.69) is 4.98 Å². The third-order valence-corrected chi connectivity index (χ3v) is 4.43. The predicted molar refractivity (Wildman–Crippen MR) is 87.7 cm³/mol. The molecule has 0 saturated heterocycles. The predicted octanol–water partition coefficient (Wildman–Crippen LogP) is 2.22. The Kier molecular flexibility index (Phi) is 4.41. The molecule has 2 aromatic carbocycles. The van der Waals surface area contributed by atoms with Crippen LogP contribution in [0.15, 0.2) is 71.8 Å². The molecule has 3 aromatic rings. The molecule has 0 aliphatic carbocycles. The lowest BCUT2D eigenvalue weighted by Crippen LogP contribution is -2.43. The van der Waals surface area contributed by atoms with Crippen molar-refractivity contribution in [3.63, 3.8) is 0 Å². The van der Waals surface area contributed by atoms with E-state index in [0.29, 0.717) is 5.39 Å². The Hall–Kier alpha value is -2.97. The molecule has 1 aromatic heterocycles. The lowest BCUT2D eigenvalue weighted by atomic mass is 10.2. The van der Waals surface area contributed by atoms with Gasteiger partial charge >= 0.3 is 6.09 Å². The number of sulfonamides is 1. The van der Waals surface area contributed by atoms with Crippen molar-refractivity contribution in [2.45, 2.75) is 4.90 Å². The Bertz CT molecular complexity index is 970. The number of fused-ring (bicyclic) bond motifs is 1. The van der Waals surface area contributed by atoms with Gasteiger partial charge < -0.3 is 4.74 Å². The minimum Gasteiger partial charge on any atom is -0.390 e. The normalized spacial score (nSPS) is 11.2. The first-order valence-corrected chi connectivity index (χ1v) is 8.43. The molecule has 2 N–H and O–H groups in total. The van der Waals surface area contributed by atoms with Crippen LogP contribution in [0.2, 0.25) is 0 Å². The lowest BCUT2D eigenvalue weighted by Gasteiger charge is -2.09. The summed E-state index contributed by atoms with van der Waals surface area (Å²) < 4.78 is 29.1. The van der Waals surface area contributed by atoms with Gasteiger partial charge in [0.05, 0.1) is 4.90 Å². The Morgan fingerprint density at radius 1 is 0.958 bits per heavy atom. The number of carbonyl (C=O) groups excluding carboxylic acids is 1. The number of carbonyl (C=O) groups is 1. The van der Waals surface area contributed by atoms with Crippen molar-refractivity contribution in [2.75, 3.05) is 0 Å². The highest BCUT2D eigenvalue weighted by atomic mass is 32.2. The van der Waals surface area contributed by atoms with E-state index in [1.807, 2.05) is 22.4 Å². The molecule has 0 atom stereocenters. The quantitative estimate of drug-likeness (QED) is 0.708. The summed E-state index contributed by atoms with van der Waals surface area (Å²) in [5.74, 6) is 0.0875. The molecular formula is C16H13N3O4S. The number of nitrogens with one attached hydrogen (secondary N) is 2. The fourth-order valence-corrected chi connectivity index (χ4v) is 2.90. The maximum Gasteiger partial charge on any atom is 0.429 e. The molecule has 0 aliphatic rings. The van der Waals surface area contributed by atoms with Crippen LogP contribution in [0.4, 0.5) is 4.79 Å². The lowest BCUT2D eigenvalue weighted by molar-refractivity contribution is 0.197. The van der Waals surface area contributed by atoms with Crippen molar-refractivity contribution >= 4 is 26.9 Å². The van der Waals surface area contributed by atoms with Crippen LogP contribution in [-0.2, 0) is 10.0 Å². The van der Waals surface area contributed by atoms with E-state index in [-0.39, 0.29) is 10.8 Å². The molecule has 3 rings (SSSR count). The summed E-state index contributed by atoms with van der Waals surface area (Å²) in [7, 11) is -3.87. The van der Waals surface area contributed by atoms with Crippen LogP contribution in [-0.4, -0.2) is 19.5 Å². The van der Waals surface area contributed by atoms with Gasteiger partial charge in [0.25, 0.3) is 10.0 Å². The van der Waals surface area contributed by atoms with E-state index < -0.39 is 16.1 Å². The van der Waals surface area contributed by atoms with Gasteiger partial charge in [-0.25, -0.2) is 23.6 Å². The summed E-state index contributed by atoms with van der Waals surface area (Å²) in [6, 6.07) is 16.7. The van der Waals surface area contributed by atoms with Gasteiger partial charge in [-0.2, -0.15) is 0 Å². The number of nitrogens with zero attached hydrogens (tertiary/aromatic N) is 1. The van der Waals surface area contributed by atoms with E-state index >= 15 is 0 Å². The van der Waals surface area contributed by atoms with Crippen LogP contribution < -0.4 is 15.0 Å². The van der Waals surface area contributed by atoms with Gasteiger partial charge in [-0.05, 0) is 29.7 Å². The molecule has 0 fully saturated rings. The fraction of sp³-hybridized carbons (Fsp3) is 0. The van der Waals surface area contributed by atoms with Crippen molar-refractivity contribution in [3.8, 4) is 5.88 Å². The second-order valence-corrected chi connectivity index (χ2v) is 6.45. The zero-order chi connectivity index (χ0) is 17.0. The summed E-state index contributed by atoms with van der Waals surface area (Å²) in [5.41, 5.74) is 2.00. The number of amides is 1. The van der Waals surface area contributed by atoms with E-state index in [1.54, 1.807) is 36.4 Å². The Labute approximate surface area is 138 Å². The van der Waals surface area contributed by atoms with E-state index in [0.717, 1.165) is 5.39 Å². The van der Waals surface area contributed by atoms with Crippen LogP contribution in [0.1, 0.15) is 0 Å². The molecule has 1 heterocycles. The standard InChI is InChI=1S/C16H13N3O4S/c20-16(18-19-24(21,22)13-7-2-1-3-8-13)23-15-14-9-5-4-6-12(14)10-11-17-15/h1-11,19H,(H,18,20). The molecule has 0 bridgehead atoms. The fourth-order valence-electron chi connectivity index (χ4n) is 2.05. The summed E-state index contributed by atoms with van der Waals surface area (Å²) in [4.78, 5) is 17.8. The topological polar surface area (TPSA) is 97.4 Å². The molecule has 0 radical (unpaired) electrons. The number of pyridine rings is 1. The molecule has 24 heavy (non-hydrogen) atoms. The Morgan fingerprint density at radius 2 is 1.67 bits per heavy atom. The maximum atomic E-state index is 12.0. The molecule has 122 valence electrons. The molecule has 0 unspecified atom stereocenters. The van der Waals surface area contributed by atoms with Gasteiger partial charge in [-0.1, -0.05) is 36.4 Å². The third kappa shape index (κ3) is 3.50. The van der Waals surface area contributed by atoms with Crippen molar-refractivity contribution < 1.29 is 17.9 Å². The van der Waals surface area contributed by atoms with Gasteiger partial charge in [-0.3, -0.25) is 0 Å². The van der Waals surface area contributed by atoms with E-state index in [1.165, 1.54) is 18.3 Å². The van der Waals surface area contributed by atoms with Crippen molar-refractivity contribution in [1.82, 2.24) is 15.2 Å². The van der Waals surface area contributed by atoms with Gasteiger partial charge in [0.1, 0.15) is 0 Å². The number of hydrogen-bond donors (Lipinski definition) is 2. The molecule has 0 spiro atoms. The first-order valence-electron chi connectivity index (χ1n) is 6.95. The molecule has 7 nitrogen and oxygen atoms in total. The summed E-state index contributed by atoms with van der Waals surface area (Å²) in [5, 5.41) is 1.49. The Morgan fingerprint density at radius 3 is 2.46 bits per heavy atom. The van der Waals surface area contributed by atoms with Crippen LogP contribution in [0.3, 0.4) is 0 Å². The van der Waals surface area contributed by atoms with Crippen molar-refractivity contribution in [3.05, 3.63) is 66.9 Å². The molecule has 0 aliphatic heterocycles. The first-order chi connectivity index (χ1) is 11.6. The number of hydrogen-bond acceptors (Lipinski definition) is 5. The Balaban J connectivity index is 1.70. The van der Waals surface area contributed by atoms with Crippen LogP contribution in [0, 0.1) is 0 Å². The second-order valence-electron chi connectivity index (χ2n) is 4.77. The molecular weight excluding hydrogens is 330 g/mol. The third-order valence-electron chi connectivity index (χ3n) is 3.17. The number of hydrazine groups is 1.